The molecule has 0 saturated heterocycles. The third kappa shape index (κ3) is 3.71. The number of benzene rings is 1. The van der Waals surface area contributed by atoms with E-state index >= 15 is 0 Å². The van der Waals surface area contributed by atoms with Gasteiger partial charge in [0.2, 0.25) is 6.79 Å². The summed E-state index contributed by atoms with van der Waals surface area (Å²) in [6.07, 6.45) is 1.61. The van der Waals surface area contributed by atoms with Gasteiger partial charge < -0.3 is 13.9 Å². The van der Waals surface area contributed by atoms with Crippen LogP contribution < -0.4 is 9.47 Å². The lowest BCUT2D eigenvalue weighted by Gasteiger charge is -2.11. The maximum Gasteiger partial charge on any atom is 0.231 e. The summed E-state index contributed by atoms with van der Waals surface area (Å²) in [5.41, 5.74) is 0.591. The fraction of sp³-hybridized carbons (Fsp3) is 0.316. The molecule has 1 aromatic carbocycles. The molecule has 0 radical (unpaired) electrons. The lowest BCUT2D eigenvalue weighted by atomic mass is 10.1. The maximum absolute atomic E-state index is 12.6. The summed E-state index contributed by atoms with van der Waals surface area (Å²) in [6, 6.07) is 8.91. The first kappa shape index (κ1) is 17.7. The van der Waals surface area contributed by atoms with Crippen molar-refractivity contribution in [3.8, 4) is 23.1 Å². The largest absolute Gasteiger partial charge is 0.461 e. The third-order valence-corrected chi connectivity index (χ3v) is 5.00. The topological polar surface area (TPSA) is 79.4 Å². The van der Waals surface area contributed by atoms with Crippen LogP contribution >= 0.6 is 11.8 Å². The number of ketones is 1. The van der Waals surface area contributed by atoms with Crippen LogP contribution in [0.25, 0.3) is 11.6 Å². The monoisotopic (exact) mass is 385 g/mol. The number of fused-ring (bicyclic) bond motifs is 1. The molecule has 3 heterocycles. The summed E-state index contributed by atoms with van der Waals surface area (Å²) < 4.78 is 18.1. The molecule has 7 nitrogen and oxygen atoms in total. The number of aromatic nitrogens is 3. The molecule has 2 aromatic heterocycles. The first-order valence-corrected chi connectivity index (χ1v) is 9.63. The van der Waals surface area contributed by atoms with Crippen molar-refractivity contribution in [3.63, 3.8) is 0 Å². The first-order valence-electron chi connectivity index (χ1n) is 8.64. The number of thioether (sulfide) groups is 1. The van der Waals surface area contributed by atoms with Gasteiger partial charge in [0.15, 0.2) is 34.0 Å². The molecule has 140 valence electrons. The molecule has 1 aliphatic rings. The van der Waals surface area contributed by atoms with Gasteiger partial charge in [0.25, 0.3) is 0 Å². The molecule has 0 spiro atoms. The van der Waals surface area contributed by atoms with Crippen LogP contribution in [0, 0.1) is 5.92 Å². The number of carbonyl (C=O) groups is 1. The number of hydrogen-bond acceptors (Lipinski definition) is 7. The minimum atomic E-state index is -0.00283. The molecule has 0 amide bonds. The average molecular weight is 385 g/mol. The van der Waals surface area contributed by atoms with E-state index in [4.69, 9.17) is 13.9 Å². The standard InChI is InChI=1S/C19H19N3O4S/c1-12(2)9-22-18(16-4-3-7-24-16)20-21-19(22)27-10-14(23)13-5-6-15-17(8-13)26-11-25-15/h3-8,12H,9-11H2,1-2H3. The van der Waals surface area contributed by atoms with Gasteiger partial charge in [-0.3, -0.25) is 9.36 Å². The number of nitrogens with zero attached hydrogens (tertiary/aromatic N) is 3. The van der Waals surface area contributed by atoms with Crippen LogP contribution in [0.15, 0.2) is 46.2 Å². The Morgan fingerprint density at radius 1 is 1.22 bits per heavy atom. The van der Waals surface area contributed by atoms with Crippen molar-refractivity contribution in [3.05, 3.63) is 42.2 Å². The number of hydrogen-bond donors (Lipinski definition) is 0. The highest BCUT2D eigenvalue weighted by atomic mass is 32.2. The molecule has 4 rings (SSSR count). The summed E-state index contributed by atoms with van der Waals surface area (Å²) >= 11 is 1.37. The molecule has 0 N–H and O–H groups in total. The van der Waals surface area contributed by atoms with E-state index in [1.54, 1.807) is 24.5 Å². The Hall–Kier alpha value is -2.74. The zero-order chi connectivity index (χ0) is 18.8. The Bertz CT molecular complexity index is 950. The molecule has 3 aromatic rings. The van der Waals surface area contributed by atoms with E-state index in [-0.39, 0.29) is 18.3 Å². The van der Waals surface area contributed by atoms with Gasteiger partial charge in [0, 0.05) is 12.1 Å². The second kappa shape index (κ2) is 7.48. The van der Waals surface area contributed by atoms with Crippen molar-refractivity contribution in [2.24, 2.45) is 5.92 Å². The van der Waals surface area contributed by atoms with Crippen LogP contribution in [-0.2, 0) is 6.54 Å². The summed E-state index contributed by atoms with van der Waals surface area (Å²) in [5, 5.41) is 9.23. The molecule has 0 unspecified atom stereocenters. The van der Waals surface area contributed by atoms with Gasteiger partial charge in [-0.1, -0.05) is 25.6 Å². The lowest BCUT2D eigenvalue weighted by molar-refractivity contribution is 0.102. The predicted molar refractivity (Wildman–Crippen MR) is 100 cm³/mol. The summed E-state index contributed by atoms with van der Waals surface area (Å²) in [5.74, 6) is 3.26. The van der Waals surface area contributed by atoms with Crippen LogP contribution in [0.5, 0.6) is 11.5 Å². The van der Waals surface area contributed by atoms with Gasteiger partial charge in [-0.05, 0) is 36.2 Å². The van der Waals surface area contributed by atoms with Gasteiger partial charge in [0.1, 0.15) is 0 Å². The van der Waals surface area contributed by atoms with Crippen molar-refractivity contribution < 1.29 is 18.7 Å². The van der Waals surface area contributed by atoms with E-state index < -0.39 is 0 Å². The highest BCUT2D eigenvalue weighted by Crippen LogP contribution is 2.33. The zero-order valence-corrected chi connectivity index (χ0v) is 15.9. The minimum Gasteiger partial charge on any atom is -0.461 e. The highest BCUT2D eigenvalue weighted by molar-refractivity contribution is 7.99. The van der Waals surface area contributed by atoms with Crippen molar-refractivity contribution in [2.45, 2.75) is 25.5 Å². The lowest BCUT2D eigenvalue weighted by Crippen LogP contribution is -2.09. The second-order valence-electron chi connectivity index (χ2n) is 6.57. The van der Waals surface area contributed by atoms with Crippen molar-refractivity contribution in [2.75, 3.05) is 12.5 Å². The summed E-state index contributed by atoms with van der Waals surface area (Å²) in [7, 11) is 0. The number of rotatable bonds is 7. The van der Waals surface area contributed by atoms with Crippen LogP contribution in [0.3, 0.4) is 0 Å². The van der Waals surface area contributed by atoms with Crippen LogP contribution in [0.1, 0.15) is 24.2 Å². The molecule has 0 aliphatic carbocycles. The number of ether oxygens (including phenoxy) is 2. The van der Waals surface area contributed by atoms with Crippen molar-refractivity contribution in [1.29, 1.82) is 0 Å². The van der Waals surface area contributed by atoms with Crippen LogP contribution in [0.4, 0.5) is 0 Å². The maximum atomic E-state index is 12.6. The zero-order valence-electron chi connectivity index (χ0n) is 15.0. The fourth-order valence-corrected chi connectivity index (χ4v) is 3.64. The normalized spacial score (nSPS) is 12.7. The summed E-state index contributed by atoms with van der Waals surface area (Å²) in [6.45, 7) is 5.18. The second-order valence-corrected chi connectivity index (χ2v) is 7.51. The Morgan fingerprint density at radius 3 is 2.85 bits per heavy atom. The van der Waals surface area contributed by atoms with E-state index in [1.807, 2.05) is 16.7 Å². The van der Waals surface area contributed by atoms with E-state index in [9.17, 15) is 4.79 Å². The molecule has 0 fully saturated rings. The minimum absolute atomic E-state index is 0.00283. The molecule has 0 bridgehead atoms. The van der Waals surface area contributed by atoms with Crippen LogP contribution in [0.2, 0.25) is 0 Å². The molecule has 0 atom stereocenters. The van der Waals surface area contributed by atoms with Gasteiger partial charge >= 0.3 is 0 Å². The van der Waals surface area contributed by atoms with E-state index in [1.165, 1.54) is 11.8 Å². The Balaban J connectivity index is 1.51. The Morgan fingerprint density at radius 2 is 2.07 bits per heavy atom. The van der Waals surface area contributed by atoms with E-state index in [0.717, 1.165) is 6.54 Å². The highest BCUT2D eigenvalue weighted by Gasteiger charge is 2.20. The average Bonchev–Trinajstić information content (AvgIpc) is 3.39. The molecule has 1 aliphatic heterocycles. The van der Waals surface area contributed by atoms with Crippen molar-refractivity contribution >= 4 is 17.5 Å². The molecular formula is C19H19N3O4S. The first-order chi connectivity index (χ1) is 13.1. The summed E-state index contributed by atoms with van der Waals surface area (Å²) in [4.78, 5) is 12.6. The Labute approximate surface area is 160 Å². The number of carbonyl (C=O) groups excluding carboxylic acids is 1. The fourth-order valence-electron chi connectivity index (χ4n) is 2.80. The van der Waals surface area contributed by atoms with Crippen molar-refractivity contribution in [1.82, 2.24) is 14.8 Å². The van der Waals surface area contributed by atoms with Gasteiger partial charge in [0.05, 0.1) is 12.0 Å². The van der Waals surface area contributed by atoms with Gasteiger partial charge in [-0.25, -0.2) is 0 Å². The molecular weight excluding hydrogens is 366 g/mol. The molecule has 0 saturated carbocycles. The smallest absolute Gasteiger partial charge is 0.231 e. The van der Waals surface area contributed by atoms with E-state index in [2.05, 4.69) is 24.0 Å². The number of furan rings is 1. The van der Waals surface area contributed by atoms with E-state index in [0.29, 0.717) is 39.7 Å². The van der Waals surface area contributed by atoms with Gasteiger partial charge in [-0.2, -0.15) is 0 Å². The van der Waals surface area contributed by atoms with Gasteiger partial charge in [-0.15, -0.1) is 10.2 Å². The number of Topliss-reactive ketones (excluding diaryl/α,β-unsaturated/α-hetero) is 1. The third-order valence-electron chi connectivity index (χ3n) is 4.03. The predicted octanol–water partition coefficient (Wildman–Crippen LogP) is 3.90. The Kier molecular flexibility index (Phi) is 4.89. The SMILES string of the molecule is CC(C)Cn1c(SCC(=O)c2ccc3c(c2)OCO3)nnc1-c1ccco1. The molecule has 8 heteroatoms. The molecule has 27 heavy (non-hydrogen) atoms. The quantitative estimate of drug-likeness (QED) is 0.451. The van der Waals surface area contributed by atoms with Crippen LogP contribution in [-0.4, -0.2) is 33.1 Å².